The van der Waals surface area contributed by atoms with Crippen molar-refractivity contribution >= 4 is 46.3 Å². The normalized spacial score (nSPS) is 14.4. The number of hydrogen-bond donors (Lipinski definition) is 2. The molecule has 4 aromatic rings. The molecular weight excluding hydrogens is 580 g/mol. The summed E-state index contributed by atoms with van der Waals surface area (Å²) >= 11 is 0. The van der Waals surface area contributed by atoms with E-state index in [0.29, 0.717) is 36.2 Å². The fourth-order valence-electron chi connectivity index (χ4n) is 5.77. The standard InChI is InChI=1S/C35H38N8O3/c1-4-34(44)42-15-14-26-10-11-28(20-30(26)42)43(35(45)36-23-25-8-6-5-7-9-25)33-22-32(37-24-38-33)39-29-13-12-27(21-31(29)46-3)41-18-16-40(2)17-19-41/h4-13,20-22,24H,1,14-19,23H2,2-3H3,(H,36,45)(H,37,38,39). The maximum absolute atomic E-state index is 13.9. The number of carbonyl (C=O) groups is 2. The van der Waals surface area contributed by atoms with E-state index < -0.39 is 0 Å². The van der Waals surface area contributed by atoms with Gasteiger partial charge in [0.1, 0.15) is 23.7 Å². The van der Waals surface area contributed by atoms with Crippen molar-refractivity contribution in [1.29, 1.82) is 0 Å². The zero-order valence-corrected chi connectivity index (χ0v) is 26.1. The minimum atomic E-state index is -0.373. The molecule has 3 aromatic carbocycles. The number of anilines is 6. The number of urea groups is 1. The van der Waals surface area contributed by atoms with Crippen LogP contribution in [-0.4, -0.2) is 73.7 Å². The van der Waals surface area contributed by atoms with Gasteiger partial charge in [-0.3, -0.25) is 4.79 Å². The number of hydrogen-bond acceptors (Lipinski definition) is 8. The molecule has 1 aromatic heterocycles. The Morgan fingerprint density at radius 1 is 0.978 bits per heavy atom. The lowest BCUT2D eigenvalue weighted by Crippen LogP contribution is -2.44. The molecule has 3 amide bonds. The summed E-state index contributed by atoms with van der Waals surface area (Å²) in [4.78, 5) is 43.3. The Bertz CT molecular complexity index is 1720. The lowest BCUT2D eigenvalue weighted by Gasteiger charge is -2.34. The number of fused-ring (bicyclic) bond motifs is 1. The second kappa shape index (κ2) is 13.7. The van der Waals surface area contributed by atoms with Crippen molar-refractivity contribution in [2.24, 2.45) is 0 Å². The summed E-state index contributed by atoms with van der Waals surface area (Å²) in [6.45, 7) is 8.45. The van der Waals surface area contributed by atoms with Crippen LogP contribution in [0.3, 0.4) is 0 Å². The van der Waals surface area contributed by atoms with Crippen LogP contribution < -0.4 is 30.1 Å². The second-order valence-electron chi connectivity index (χ2n) is 11.3. The summed E-state index contributed by atoms with van der Waals surface area (Å²) < 4.78 is 5.75. The van der Waals surface area contributed by atoms with Gasteiger partial charge in [-0.25, -0.2) is 19.7 Å². The zero-order chi connectivity index (χ0) is 32.0. The Kier molecular flexibility index (Phi) is 9.11. The SMILES string of the molecule is C=CC(=O)N1CCc2ccc(N(C(=O)NCc3ccccc3)c3cc(Nc4ccc(N5CCN(C)CC5)cc4OC)ncn3)cc21. The summed E-state index contributed by atoms with van der Waals surface area (Å²) in [5.41, 5.74) is 5.14. The number of piperazine rings is 1. The Labute approximate surface area is 269 Å². The lowest BCUT2D eigenvalue weighted by molar-refractivity contribution is -0.114. The van der Waals surface area contributed by atoms with Crippen LogP contribution in [0.15, 0.2) is 91.8 Å². The predicted octanol–water partition coefficient (Wildman–Crippen LogP) is 5.10. The minimum absolute atomic E-state index is 0.183. The van der Waals surface area contributed by atoms with Crippen molar-refractivity contribution in [3.8, 4) is 5.75 Å². The van der Waals surface area contributed by atoms with Crippen molar-refractivity contribution in [3.05, 3.63) is 103 Å². The van der Waals surface area contributed by atoms with E-state index in [2.05, 4.69) is 50.1 Å². The molecule has 2 aliphatic heterocycles. The maximum Gasteiger partial charge on any atom is 0.327 e. The molecule has 2 N–H and O–H groups in total. The van der Waals surface area contributed by atoms with Crippen LogP contribution in [0.25, 0.3) is 0 Å². The molecule has 236 valence electrons. The number of methoxy groups -OCH3 is 1. The van der Waals surface area contributed by atoms with Gasteiger partial charge in [0.05, 0.1) is 18.5 Å². The predicted molar refractivity (Wildman–Crippen MR) is 182 cm³/mol. The van der Waals surface area contributed by atoms with Crippen molar-refractivity contribution in [2.45, 2.75) is 13.0 Å². The molecule has 0 radical (unpaired) electrons. The molecular formula is C35H38N8O3. The van der Waals surface area contributed by atoms with E-state index in [9.17, 15) is 9.59 Å². The van der Waals surface area contributed by atoms with E-state index in [1.807, 2.05) is 60.7 Å². The van der Waals surface area contributed by atoms with E-state index in [0.717, 1.165) is 60.8 Å². The third-order valence-corrected chi connectivity index (χ3v) is 8.35. The zero-order valence-electron chi connectivity index (χ0n) is 26.1. The molecule has 0 spiro atoms. The molecule has 0 bridgehead atoms. The monoisotopic (exact) mass is 618 g/mol. The highest BCUT2D eigenvalue weighted by atomic mass is 16.5. The molecule has 6 rings (SSSR count). The number of nitrogens with zero attached hydrogens (tertiary/aromatic N) is 6. The van der Waals surface area contributed by atoms with E-state index in [-0.39, 0.29) is 11.9 Å². The average molecular weight is 619 g/mol. The molecule has 0 atom stereocenters. The molecule has 0 unspecified atom stereocenters. The van der Waals surface area contributed by atoms with Gasteiger partial charge in [-0.15, -0.1) is 0 Å². The number of nitrogens with one attached hydrogen (secondary N) is 2. The summed E-state index contributed by atoms with van der Waals surface area (Å²) in [5.74, 6) is 1.34. The Morgan fingerprint density at radius 3 is 2.54 bits per heavy atom. The summed E-state index contributed by atoms with van der Waals surface area (Å²) in [6.07, 6.45) is 3.45. The molecule has 3 heterocycles. The van der Waals surface area contributed by atoms with Crippen LogP contribution in [0.1, 0.15) is 11.1 Å². The van der Waals surface area contributed by atoms with Gasteiger partial charge in [0, 0.05) is 62.8 Å². The van der Waals surface area contributed by atoms with Gasteiger partial charge >= 0.3 is 6.03 Å². The third kappa shape index (κ3) is 6.64. The highest BCUT2D eigenvalue weighted by Crippen LogP contribution is 2.36. The number of rotatable bonds is 9. The number of aromatic nitrogens is 2. The first kappa shape index (κ1) is 30.6. The largest absolute Gasteiger partial charge is 0.494 e. The molecule has 11 heteroatoms. The van der Waals surface area contributed by atoms with E-state index in [4.69, 9.17) is 4.74 Å². The average Bonchev–Trinajstić information content (AvgIpc) is 3.52. The van der Waals surface area contributed by atoms with Crippen LogP contribution in [0, 0.1) is 0 Å². The van der Waals surface area contributed by atoms with Crippen molar-refractivity contribution < 1.29 is 14.3 Å². The Morgan fingerprint density at radius 2 is 1.78 bits per heavy atom. The van der Waals surface area contributed by atoms with Gasteiger partial charge in [-0.05, 0) is 54.9 Å². The lowest BCUT2D eigenvalue weighted by atomic mass is 10.1. The topological polar surface area (TPSA) is 106 Å². The quantitative estimate of drug-likeness (QED) is 0.250. The Balaban J connectivity index is 1.30. The van der Waals surface area contributed by atoms with Crippen molar-refractivity contribution in [1.82, 2.24) is 20.2 Å². The number of amides is 3. The van der Waals surface area contributed by atoms with Gasteiger partial charge < -0.3 is 30.1 Å². The van der Waals surface area contributed by atoms with Gasteiger partial charge in [-0.1, -0.05) is 43.0 Å². The highest BCUT2D eigenvalue weighted by Gasteiger charge is 2.27. The summed E-state index contributed by atoms with van der Waals surface area (Å²) in [6, 6.07) is 22.8. The molecule has 0 aliphatic carbocycles. The summed E-state index contributed by atoms with van der Waals surface area (Å²) in [7, 11) is 3.78. The number of benzene rings is 3. The van der Waals surface area contributed by atoms with E-state index in [1.54, 1.807) is 18.1 Å². The van der Waals surface area contributed by atoms with Gasteiger partial charge in [-0.2, -0.15) is 0 Å². The van der Waals surface area contributed by atoms with Crippen molar-refractivity contribution in [2.75, 3.05) is 66.9 Å². The van der Waals surface area contributed by atoms with Crippen LogP contribution in [-0.2, 0) is 17.8 Å². The first-order chi connectivity index (χ1) is 22.4. The van der Waals surface area contributed by atoms with Gasteiger partial charge in [0.15, 0.2) is 0 Å². The number of carbonyl (C=O) groups excluding carboxylic acids is 2. The summed E-state index contributed by atoms with van der Waals surface area (Å²) in [5, 5.41) is 6.37. The van der Waals surface area contributed by atoms with E-state index >= 15 is 0 Å². The van der Waals surface area contributed by atoms with Crippen LogP contribution in [0.2, 0.25) is 0 Å². The molecule has 1 fully saturated rings. The van der Waals surface area contributed by atoms with Crippen LogP contribution >= 0.6 is 0 Å². The highest BCUT2D eigenvalue weighted by molar-refractivity contribution is 6.04. The fraction of sp³-hybridized carbons (Fsp3) is 0.257. The van der Waals surface area contributed by atoms with Crippen LogP contribution in [0.4, 0.5) is 39.2 Å². The molecule has 0 saturated carbocycles. The van der Waals surface area contributed by atoms with E-state index in [1.165, 1.54) is 17.3 Å². The smallest absolute Gasteiger partial charge is 0.327 e. The fourth-order valence-corrected chi connectivity index (χ4v) is 5.77. The number of likely N-dealkylation sites (N-methyl/N-ethyl adjacent to an activating group) is 1. The first-order valence-electron chi connectivity index (χ1n) is 15.3. The van der Waals surface area contributed by atoms with Gasteiger partial charge in [0.2, 0.25) is 5.91 Å². The Hall–Kier alpha value is -5.42. The molecule has 2 aliphatic rings. The maximum atomic E-state index is 13.9. The second-order valence-corrected chi connectivity index (χ2v) is 11.3. The van der Waals surface area contributed by atoms with Crippen molar-refractivity contribution in [3.63, 3.8) is 0 Å². The minimum Gasteiger partial charge on any atom is -0.494 e. The van der Waals surface area contributed by atoms with Crippen LogP contribution in [0.5, 0.6) is 5.75 Å². The molecule has 1 saturated heterocycles. The third-order valence-electron chi connectivity index (χ3n) is 8.35. The van der Waals surface area contributed by atoms with Gasteiger partial charge in [0.25, 0.3) is 0 Å². The first-order valence-corrected chi connectivity index (χ1v) is 15.3. The number of ether oxygens (including phenoxy) is 1. The molecule has 11 nitrogen and oxygen atoms in total. The molecule has 46 heavy (non-hydrogen) atoms.